The van der Waals surface area contributed by atoms with Crippen LogP contribution in [0.25, 0.3) is 0 Å². The summed E-state index contributed by atoms with van der Waals surface area (Å²) in [6.45, 7) is 4.76. The molecule has 0 aliphatic carbocycles. The predicted molar refractivity (Wildman–Crippen MR) is 77.8 cm³/mol. The SMILES string of the molecule is CC1(C)CN(Cc2ccc(C(=O)O)o2)c2cc(F)ccc2O1. The standard InChI is InChI=1S/C16H16FNO4/c1-16(2)9-18(8-11-4-6-14(21-11)15(19)20)12-7-10(17)3-5-13(12)22-16/h3-7H,8-9H2,1-2H3,(H,19,20). The van der Waals surface area contributed by atoms with Gasteiger partial charge < -0.3 is 19.2 Å². The molecule has 6 heteroatoms. The minimum absolute atomic E-state index is 0.109. The number of fused-ring (bicyclic) bond motifs is 1. The monoisotopic (exact) mass is 305 g/mol. The fraction of sp³-hybridized carbons (Fsp3) is 0.312. The average Bonchev–Trinajstić information content (AvgIpc) is 2.87. The molecule has 0 amide bonds. The van der Waals surface area contributed by atoms with Crippen molar-refractivity contribution >= 4 is 11.7 Å². The van der Waals surface area contributed by atoms with E-state index in [1.807, 2.05) is 18.7 Å². The van der Waals surface area contributed by atoms with Gasteiger partial charge in [0.25, 0.3) is 0 Å². The van der Waals surface area contributed by atoms with Crippen LogP contribution in [-0.2, 0) is 6.54 Å². The van der Waals surface area contributed by atoms with E-state index in [2.05, 4.69) is 0 Å². The molecular weight excluding hydrogens is 289 g/mol. The fourth-order valence-corrected chi connectivity index (χ4v) is 2.61. The Bertz CT molecular complexity index is 723. The number of carboxylic acid groups (broad SMARTS) is 1. The van der Waals surface area contributed by atoms with Crippen LogP contribution in [0.4, 0.5) is 10.1 Å². The second-order valence-electron chi connectivity index (χ2n) is 5.90. The Morgan fingerprint density at radius 3 is 2.82 bits per heavy atom. The van der Waals surface area contributed by atoms with Gasteiger partial charge in [0.05, 0.1) is 18.8 Å². The maximum absolute atomic E-state index is 13.5. The Hall–Kier alpha value is -2.50. The number of hydrogen-bond donors (Lipinski definition) is 1. The van der Waals surface area contributed by atoms with Crippen LogP contribution in [0.5, 0.6) is 5.75 Å². The summed E-state index contributed by atoms with van der Waals surface area (Å²) < 4.78 is 24.7. The smallest absolute Gasteiger partial charge is 0.371 e. The molecule has 0 bridgehead atoms. The zero-order valence-electron chi connectivity index (χ0n) is 12.3. The summed E-state index contributed by atoms with van der Waals surface area (Å²) >= 11 is 0. The number of aromatic carboxylic acids is 1. The molecule has 1 N–H and O–H groups in total. The van der Waals surface area contributed by atoms with Gasteiger partial charge in [-0.15, -0.1) is 0 Å². The molecule has 5 nitrogen and oxygen atoms in total. The summed E-state index contributed by atoms with van der Waals surface area (Å²) in [4.78, 5) is 12.8. The summed E-state index contributed by atoms with van der Waals surface area (Å²) in [5.41, 5.74) is 0.195. The van der Waals surface area contributed by atoms with Crippen LogP contribution in [0.2, 0.25) is 0 Å². The molecule has 0 fully saturated rings. The van der Waals surface area contributed by atoms with E-state index in [4.69, 9.17) is 14.3 Å². The van der Waals surface area contributed by atoms with Crippen LogP contribution in [-0.4, -0.2) is 23.2 Å². The highest BCUT2D eigenvalue weighted by molar-refractivity contribution is 5.84. The Kier molecular flexibility index (Phi) is 3.31. The first-order valence-corrected chi connectivity index (χ1v) is 6.90. The van der Waals surface area contributed by atoms with Crippen molar-refractivity contribution in [2.45, 2.75) is 26.0 Å². The highest BCUT2D eigenvalue weighted by Gasteiger charge is 2.32. The van der Waals surface area contributed by atoms with Crippen molar-refractivity contribution in [3.8, 4) is 5.75 Å². The summed E-state index contributed by atoms with van der Waals surface area (Å²) in [6, 6.07) is 7.39. The minimum Gasteiger partial charge on any atom is -0.484 e. The molecule has 22 heavy (non-hydrogen) atoms. The van der Waals surface area contributed by atoms with Crippen molar-refractivity contribution in [2.24, 2.45) is 0 Å². The van der Waals surface area contributed by atoms with Crippen LogP contribution in [0.3, 0.4) is 0 Å². The Labute approximate surface area is 126 Å². The van der Waals surface area contributed by atoms with Gasteiger partial charge >= 0.3 is 5.97 Å². The first-order chi connectivity index (χ1) is 10.3. The topological polar surface area (TPSA) is 62.9 Å². The van der Waals surface area contributed by atoms with Crippen LogP contribution < -0.4 is 9.64 Å². The third-order valence-corrected chi connectivity index (χ3v) is 3.44. The molecule has 0 saturated carbocycles. The number of hydrogen-bond acceptors (Lipinski definition) is 4. The molecule has 1 aromatic carbocycles. The van der Waals surface area contributed by atoms with Gasteiger partial charge in [-0.1, -0.05) is 0 Å². The number of benzene rings is 1. The average molecular weight is 305 g/mol. The van der Waals surface area contributed by atoms with Crippen LogP contribution in [0.1, 0.15) is 30.2 Å². The van der Waals surface area contributed by atoms with Crippen LogP contribution in [0, 0.1) is 5.82 Å². The highest BCUT2D eigenvalue weighted by Crippen LogP contribution is 2.38. The van der Waals surface area contributed by atoms with E-state index in [1.165, 1.54) is 18.2 Å². The predicted octanol–water partition coefficient (Wildman–Crippen LogP) is 3.29. The van der Waals surface area contributed by atoms with E-state index >= 15 is 0 Å². The largest absolute Gasteiger partial charge is 0.484 e. The highest BCUT2D eigenvalue weighted by atomic mass is 19.1. The van der Waals surface area contributed by atoms with Crippen molar-refractivity contribution in [1.29, 1.82) is 0 Å². The first kappa shape index (κ1) is 14.4. The molecule has 0 radical (unpaired) electrons. The van der Waals surface area contributed by atoms with Gasteiger partial charge in [-0.3, -0.25) is 0 Å². The molecule has 1 aromatic heterocycles. The number of carbonyl (C=O) groups is 1. The fourth-order valence-electron chi connectivity index (χ4n) is 2.61. The number of halogens is 1. The lowest BCUT2D eigenvalue weighted by atomic mass is 10.0. The Morgan fingerprint density at radius 1 is 1.36 bits per heavy atom. The number of nitrogens with zero attached hydrogens (tertiary/aromatic N) is 1. The van der Waals surface area contributed by atoms with Crippen LogP contribution in [0.15, 0.2) is 34.7 Å². The maximum Gasteiger partial charge on any atom is 0.371 e. The summed E-state index contributed by atoms with van der Waals surface area (Å²) in [5.74, 6) is -0.465. The van der Waals surface area contributed by atoms with Crippen molar-refractivity contribution in [3.05, 3.63) is 47.7 Å². The third-order valence-electron chi connectivity index (χ3n) is 3.44. The van der Waals surface area contributed by atoms with Crippen LogP contribution >= 0.6 is 0 Å². The molecule has 2 heterocycles. The van der Waals surface area contributed by atoms with Gasteiger partial charge in [0.1, 0.15) is 22.9 Å². The van der Waals surface area contributed by atoms with E-state index in [0.717, 1.165) is 0 Å². The van der Waals surface area contributed by atoms with Crippen molar-refractivity contribution in [1.82, 2.24) is 0 Å². The molecular formula is C16H16FNO4. The first-order valence-electron chi connectivity index (χ1n) is 6.90. The van der Waals surface area contributed by atoms with E-state index in [0.29, 0.717) is 30.3 Å². The maximum atomic E-state index is 13.5. The van der Waals surface area contributed by atoms with E-state index in [9.17, 15) is 9.18 Å². The lowest BCUT2D eigenvalue weighted by molar-refractivity contribution is 0.0659. The molecule has 0 unspecified atom stereocenters. The summed E-state index contributed by atoms with van der Waals surface area (Å²) in [5, 5.41) is 8.90. The molecule has 2 aromatic rings. The number of carboxylic acids is 1. The van der Waals surface area contributed by atoms with Gasteiger partial charge in [-0.25, -0.2) is 9.18 Å². The third kappa shape index (κ3) is 2.77. The molecule has 3 rings (SSSR count). The van der Waals surface area contributed by atoms with Gasteiger partial charge in [-0.2, -0.15) is 0 Å². The van der Waals surface area contributed by atoms with Crippen molar-refractivity contribution in [3.63, 3.8) is 0 Å². The summed E-state index contributed by atoms with van der Waals surface area (Å²) in [7, 11) is 0. The molecule has 0 atom stereocenters. The van der Waals surface area contributed by atoms with E-state index in [-0.39, 0.29) is 11.6 Å². The zero-order valence-corrected chi connectivity index (χ0v) is 12.3. The summed E-state index contributed by atoms with van der Waals surface area (Å²) in [6.07, 6.45) is 0. The molecule has 1 aliphatic heterocycles. The lowest BCUT2D eigenvalue weighted by Gasteiger charge is -2.40. The van der Waals surface area contributed by atoms with E-state index in [1.54, 1.807) is 12.1 Å². The normalized spacial score (nSPS) is 16.0. The Morgan fingerprint density at radius 2 is 2.14 bits per heavy atom. The number of rotatable bonds is 3. The van der Waals surface area contributed by atoms with Crippen molar-refractivity contribution in [2.75, 3.05) is 11.4 Å². The number of furan rings is 1. The van der Waals surface area contributed by atoms with Crippen molar-refractivity contribution < 1.29 is 23.4 Å². The van der Waals surface area contributed by atoms with Gasteiger partial charge in [0, 0.05) is 6.07 Å². The minimum atomic E-state index is -1.11. The van der Waals surface area contributed by atoms with Gasteiger partial charge in [0.2, 0.25) is 5.76 Å². The molecule has 1 aliphatic rings. The number of ether oxygens (including phenoxy) is 1. The van der Waals surface area contributed by atoms with Gasteiger partial charge in [-0.05, 0) is 38.1 Å². The second kappa shape index (κ2) is 5.05. The quantitative estimate of drug-likeness (QED) is 0.942. The molecule has 116 valence electrons. The Balaban J connectivity index is 1.92. The van der Waals surface area contributed by atoms with Gasteiger partial charge in [0.15, 0.2) is 0 Å². The number of anilines is 1. The molecule has 0 saturated heterocycles. The lowest BCUT2D eigenvalue weighted by Crippen LogP contribution is -2.46. The zero-order chi connectivity index (χ0) is 15.9. The molecule has 0 spiro atoms. The second-order valence-corrected chi connectivity index (χ2v) is 5.90. The van der Waals surface area contributed by atoms with E-state index < -0.39 is 11.6 Å².